The Hall–Kier alpha value is -1.03. The minimum absolute atomic E-state index is 0.389. The van der Waals surface area contributed by atoms with Crippen LogP contribution in [0.2, 0.25) is 0 Å². The number of nitrogens with zero attached hydrogens (tertiary/aromatic N) is 2. The molecular weight excluding hydrogens is 226 g/mol. The number of methoxy groups -OCH3 is 1. The molecule has 0 saturated heterocycles. The van der Waals surface area contributed by atoms with E-state index in [4.69, 9.17) is 4.74 Å². The molecule has 1 fully saturated rings. The maximum Gasteiger partial charge on any atom is 0.160 e. The van der Waals surface area contributed by atoms with Crippen LogP contribution in [0.1, 0.15) is 50.8 Å². The van der Waals surface area contributed by atoms with Crippen LogP contribution in [0.15, 0.2) is 6.20 Å². The van der Waals surface area contributed by atoms with E-state index >= 15 is 0 Å². The van der Waals surface area contributed by atoms with Crippen molar-refractivity contribution in [3.8, 4) is 5.75 Å². The van der Waals surface area contributed by atoms with Gasteiger partial charge >= 0.3 is 0 Å². The van der Waals surface area contributed by atoms with Crippen molar-refractivity contribution >= 4 is 0 Å². The van der Waals surface area contributed by atoms with Gasteiger partial charge in [-0.15, -0.1) is 0 Å². The predicted molar refractivity (Wildman–Crippen MR) is 73.2 cm³/mol. The number of hydrogen-bond donors (Lipinski definition) is 1. The molecule has 1 aliphatic carbocycles. The lowest BCUT2D eigenvalue weighted by Crippen LogP contribution is -2.23. The fourth-order valence-corrected chi connectivity index (χ4v) is 3.18. The van der Waals surface area contributed by atoms with Crippen LogP contribution in [-0.4, -0.2) is 30.5 Å². The van der Waals surface area contributed by atoms with E-state index in [9.17, 15) is 0 Å². The van der Waals surface area contributed by atoms with E-state index in [2.05, 4.69) is 28.9 Å². The number of hydrogen-bond acceptors (Lipinski definition) is 3. The van der Waals surface area contributed by atoms with E-state index < -0.39 is 0 Å². The lowest BCUT2D eigenvalue weighted by molar-refractivity contribution is 0.373. The zero-order chi connectivity index (χ0) is 13.1. The molecule has 2 unspecified atom stereocenters. The lowest BCUT2D eigenvalue weighted by atomic mass is 9.92. The van der Waals surface area contributed by atoms with Crippen LogP contribution >= 0.6 is 0 Å². The largest absolute Gasteiger partial charge is 0.493 e. The molecule has 1 saturated carbocycles. The summed E-state index contributed by atoms with van der Waals surface area (Å²) in [4.78, 5) is 0. The van der Waals surface area contributed by atoms with E-state index in [0.717, 1.165) is 12.3 Å². The van der Waals surface area contributed by atoms with E-state index in [-0.39, 0.29) is 0 Å². The topological polar surface area (TPSA) is 39.1 Å². The first-order valence-corrected chi connectivity index (χ1v) is 6.95. The minimum Gasteiger partial charge on any atom is -0.493 e. The monoisotopic (exact) mass is 251 g/mol. The molecule has 1 heterocycles. The third kappa shape index (κ3) is 2.39. The number of rotatable bonds is 5. The summed E-state index contributed by atoms with van der Waals surface area (Å²) in [6, 6.07) is 0.389. The van der Waals surface area contributed by atoms with Crippen LogP contribution in [0.3, 0.4) is 0 Å². The highest BCUT2D eigenvalue weighted by molar-refractivity contribution is 5.30. The van der Waals surface area contributed by atoms with Gasteiger partial charge in [-0.3, -0.25) is 4.68 Å². The Morgan fingerprint density at radius 3 is 2.89 bits per heavy atom. The average molecular weight is 251 g/mol. The van der Waals surface area contributed by atoms with Crippen molar-refractivity contribution in [1.29, 1.82) is 0 Å². The highest BCUT2D eigenvalue weighted by atomic mass is 16.5. The molecule has 1 aliphatic rings. The molecule has 2 rings (SSSR count). The van der Waals surface area contributed by atoms with Crippen LogP contribution in [0.25, 0.3) is 0 Å². The van der Waals surface area contributed by atoms with Crippen molar-refractivity contribution in [2.45, 2.75) is 45.1 Å². The van der Waals surface area contributed by atoms with E-state index in [1.54, 1.807) is 7.11 Å². The molecule has 0 aliphatic heterocycles. The van der Waals surface area contributed by atoms with Gasteiger partial charge < -0.3 is 10.1 Å². The van der Waals surface area contributed by atoms with Gasteiger partial charge in [-0.05, 0) is 46.2 Å². The smallest absolute Gasteiger partial charge is 0.160 e. The molecule has 4 heteroatoms. The second-order valence-corrected chi connectivity index (χ2v) is 5.49. The Morgan fingerprint density at radius 1 is 1.50 bits per heavy atom. The molecule has 102 valence electrons. The van der Waals surface area contributed by atoms with Gasteiger partial charge in [-0.1, -0.05) is 6.42 Å². The van der Waals surface area contributed by atoms with Crippen LogP contribution in [-0.2, 0) is 0 Å². The van der Waals surface area contributed by atoms with Crippen molar-refractivity contribution in [3.63, 3.8) is 0 Å². The molecule has 0 amide bonds. The fraction of sp³-hybridized carbons (Fsp3) is 0.786. The van der Waals surface area contributed by atoms with Crippen LogP contribution < -0.4 is 10.1 Å². The molecule has 0 aromatic carbocycles. The summed E-state index contributed by atoms with van der Waals surface area (Å²) in [6.07, 6.45) is 5.73. The highest BCUT2D eigenvalue weighted by Gasteiger charge is 2.33. The Balaban J connectivity index is 2.32. The molecule has 1 aromatic heterocycles. The van der Waals surface area contributed by atoms with Crippen molar-refractivity contribution < 1.29 is 4.74 Å². The molecular formula is C14H25N3O. The average Bonchev–Trinajstić information content (AvgIpc) is 2.93. The SMILES string of the molecule is CNCC1CCCC1c1c(OC)cnn1C(C)C. The first kappa shape index (κ1) is 13.4. The number of ether oxygens (including phenoxy) is 1. The molecule has 2 atom stereocenters. The first-order valence-electron chi connectivity index (χ1n) is 6.95. The molecule has 0 bridgehead atoms. The molecule has 0 spiro atoms. The maximum atomic E-state index is 5.51. The van der Waals surface area contributed by atoms with Gasteiger partial charge in [0.25, 0.3) is 0 Å². The zero-order valence-corrected chi connectivity index (χ0v) is 11.9. The van der Waals surface area contributed by atoms with Crippen molar-refractivity contribution in [1.82, 2.24) is 15.1 Å². The van der Waals surface area contributed by atoms with Gasteiger partial charge in [0.2, 0.25) is 0 Å². The third-order valence-corrected chi connectivity index (χ3v) is 3.98. The normalized spacial score (nSPS) is 23.8. The number of aromatic nitrogens is 2. The van der Waals surface area contributed by atoms with Gasteiger partial charge in [-0.2, -0.15) is 5.10 Å². The standard InChI is InChI=1S/C14H25N3O/c1-10(2)17-14(13(18-4)9-16-17)12-7-5-6-11(12)8-15-3/h9-12,15H,5-8H2,1-4H3. The van der Waals surface area contributed by atoms with Crippen LogP contribution in [0, 0.1) is 5.92 Å². The minimum atomic E-state index is 0.389. The quantitative estimate of drug-likeness (QED) is 0.874. The van der Waals surface area contributed by atoms with Gasteiger partial charge in [0, 0.05) is 12.0 Å². The first-order chi connectivity index (χ1) is 8.69. The molecule has 18 heavy (non-hydrogen) atoms. The summed E-state index contributed by atoms with van der Waals surface area (Å²) in [5, 5.41) is 7.81. The number of nitrogens with one attached hydrogen (secondary N) is 1. The third-order valence-electron chi connectivity index (χ3n) is 3.98. The van der Waals surface area contributed by atoms with E-state index in [1.807, 2.05) is 13.2 Å². The zero-order valence-electron chi connectivity index (χ0n) is 11.9. The summed E-state index contributed by atoms with van der Waals surface area (Å²) in [5.41, 5.74) is 1.30. The molecule has 1 aromatic rings. The Kier molecular flexibility index (Phi) is 4.27. The van der Waals surface area contributed by atoms with Gasteiger partial charge in [0.1, 0.15) is 0 Å². The van der Waals surface area contributed by atoms with Crippen molar-refractivity contribution in [2.75, 3.05) is 20.7 Å². The Morgan fingerprint density at radius 2 is 2.28 bits per heavy atom. The molecule has 0 radical (unpaired) electrons. The second kappa shape index (κ2) is 5.74. The summed E-state index contributed by atoms with van der Waals surface area (Å²) < 4.78 is 7.65. The van der Waals surface area contributed by atoms with E-state index in [1.165, 1.54) is 25.0 Å². The summed E-state index contributed by atoms with van der Waals surface area (Å²) in [6.45, 7) is 5.44. The fourth-order valence-electron chi connectivity index (χ4n) is 3.18. The Bertz CT molecular complexity index is 386. The summed E-state index contributed by atoms with van der Waals surface area (Å²) in [7, 11) is 3.78. The Labute approximate surface area is 110 Å². The van der Waals surface area contributed by atoms with E-state index in [0.29, 0.717) is 17.9 Å². The summed E-state index contributed by atoms with van der Waals surface area (Å²) in [5.74, 6) is 2.24. The molecule has 4 nitrogen and oxygen atoms in total. The van der Waals surface area contributed by atoms with Crippen molar-refractivity contribution in [3.05, 3.63) is 11.9 Å². The van der Waals surface area contributed by atoms with Gasteiger partial charge in [-0.25, -0.2) is 0 Å². The highest BCUT2D eigenvalue weighted by Crippen LogP contribution is 2.43. The maximum absolute atomic E-state index is 5.51. The second-order valence-electron chi connectivity index (χ2n) is 5.49. The van der Waals surface area contributed by atoms with Gasteiger partial charge in [0.05, 0.1) is 19.0 Å². The van der Waals surface area contributed by atoms with Gasteiger partial charge in [0.15, 0.2) is 5.75 Å². The van der Waals surface area contributed by atoms with Crippen LogP contribution in [0.4, 0.5) is 0 Å². The lowest BCUT2D eigenvalue weighted by Gasteiger charge is -2.23. The summed E-state index contributed by atoms with van der Waals surface area (Å²) >= 11 is 0. The van der Waals surface area contributed by atoms with Crippen LogP contribution in [0.5, 0.6) is 5.75 Å². The van der Waals surface area contributed by atoms with Crippen molar-refractivity contribution in [2.24, 2.45) is 5.92 Å². The predicted octanol–water partition coefficient (Wildman–Crippen LogP) is 2.58. The molecule has 1 N–H and O–H groups in total.